The molecule has 0 aliphatic rings. The lowest BCUT2D eigenvalue weighted by molar-refractivity contribution is 0.0696. The fourth-order valence-corrected chi connectivity index (χ4v) is 2.45. The van der Waals surface area contributed by atoms with Crippen molar-refractivity contribution in [3.05, 3.63) is 59.2 Å². The summed E-state index contributed by atoms with van der Waals surface area (Å²) in [5, 5.41) is 14.6. The molecule has 0 radical (unpaired) electrons. The van der Waals surface area contributed by atoms with Gasteiger partial charge < -0.3 is 15.2 Å². The predicted octanol–water partition coefficient (Wildman–Crippen LogP) is 3.61. The van der Waals surface area contributed by atoms with Gasteiger partial charge in [-0.25, -0.2) is 4.79 Å². The van der Waals surface area contributed by atoms with Gasteiger partial charge in [0.15, 0.2) is 5.11 Å². The SMILES string of the molecule is Cc1cc(C(=O)O)ccc1NC(=S)NC(=O)c1cccc(OC(C)C)c1. The van der Waals surface area contributed by atoms with E-state index in [-0.39, 0.29) is 22.7 Å². The number of carbonyl (C=O) groups excluding carboxylic acids is 1. The third kappa shape index (κ3) is 5.29. The van der Waals surface area contributed by atoms with Gasteiger partial charge in [-0.15, -0.1) is 0 Å². The van der Waals surface area contributed by atoms with Crippen LogP contribution in [0, 0.1) is 6.92 Å². The molecule has 0 fully saturated rings. The Bertz CT molecular complexity index is 849. The number of aryl methyl sites for hydroxylation is 1. The summed E-state index contributed by atoms with van der Waals surface area (Å²) in [6.07, 6.45) is 0.00723. The first-order valence-corrected chi connectivity index (χ1v) is 8.40. The quantitative estimate of drug-likeness (QED) is 0.695. The zero-order valence-corrected chi connectivity index (χ0v) is 15.5. The highest BCUT2D eigenvalue weighted by molar-refractivity contribution is 7.80. The zero-order chi connectivity index (χ0) is 19.3. The number of carbonyl (C=O) groups is 2. The molecule has 26 heavy (non-hydrogen) atoms. The molecule has 2 rings (SSSR count). The molecule has 2 aromatic rings. The predicted molar refractivity (Wildman–Crippen MR) is 104 cm³/mol. The Kier molecular flexibility index (Phi) is 6.30. The van der Waals surface area contributed by atoms with Crippen LogP contribution in [0.3, 0.4) is 0 Å². The van der Waals surface area contributed by atoms with Crippen LogP contribution in [-0.2, 0) is 0 Å². The molecule has 6 nitrogen and oxygen atoms in total. The molecule has 0 aromatic heterocycles. The van der Waals surface area contributed by atoms with Crippen LogP contribution in [0.1, 0.15) is 40.1 Å². The second-order valence-electron chi connectivity index (χ2n) is 5.94. The molecule has 0 bridgehead atoms. The molecule has 0 heterocycles. The number of aromatic carboxylic acids is 1. The van der Waals surface area contributed by atoms with Gasteiger partial charge in [-0.05, 0) is 75.0 Å². The van der Waals surface area contributed by atoms with Crippen LogP contribution in [0.25, 0.3) is 0 Å². The number of ether oxygens (including phenoxy) is 1. The highest BCUT2D eigenvalue weighted by Gasteiger charge is 2.11. The van der Waals surface area contributed by atoms with Crippen molar-refractivity contribution in [3.8, 4) is 5.75 Å². The Morgan fingerprint density at radius 3 is 2.46 bits per heavy atom. The number of carboxylic acid groups (broad SMARTS) is 1. The van der Waals surface area contributed by atoms with Gasteiger partial charge in [0.25, 0.3) is 5.91 Å². The Labute approximate surface area is 157 Å². The zero-order valence-electron chi connectivity index (χ0n) is 14.7. The lowest BCUT2D eigenvalue weighted by atomic mass is 10.1. The topological polar surface area (TPSA) is 87.7 Å². The molecule has 1 amide bonds. The molecular formula is C19H20N2O4S. The van der Waals surface area contributed by atoms with Crippen LogP contribution in [0.2, 0.25) is 0 Å². The van der Waals surface area contributed by atoms with E-state index >= 15 is 0 Å². The third-order valence-electron chi connectivity index (χ3n) is 3.42. The van der Waals surface area contributed by atoms with Crippen LogP contribution in [-0.4, -0.2) is 28.2 Å². The number of carboxylic acids is 1. The molecular weight excluding hydrogens is 352 g/mol. The molecule has 0 saturated heterocycles. The van der Waals surface area contributed by atoms with Crippen LogP contribution >= 0.6 is 12.2 Å². The van der Waals surface area contributed by atoms with Crippen molar-refractivity contribution in [1.29, 1.82) is 0 Å². The third-order valence-corrected chi connectivity index (χ3v) is 3.62. The van der Waals surface area contributed by atoms with Crippen molar-refractivity contribution in [2.75, 3.05) is 5.32 Å². The largest absolute Gasteiger partial charge is 0.491 e. The maximum absolute atomic E-state index is 12.3. The molecule has 0 atom stereocenters. The van der Waals surface area contributed by atoms with Crippen molar-refractivity contribution in [1.82, 2.24) is 5.32 Å². The van der Waals surface area contributed by atoms with E-state index in [0.717, 1.165) is 0 Å². The number of hydrogen-bond donors (Lipinski definition) is 3. The van der Waals surface area contributed by atoms with Gasteiger partial charge in [-0.3, -0.25) is 10.1 Å². The first-order chi connectivity index (χ1) is 12.3. The van der Waals surface area contributed by atoms with E-state index < -0.39 is 5.97 Å². The number of benzene rings is 2. The smallest absolute Gasteiger partial charge is 0.335 e. The lowest BCUT2D eigenvalue weighted by Crippen LogP contribution is -2.34. The van der Waals surface area contributed by atoms with Gasteiger partial charge in [0, 0.05) is 11.3 Å². The van der Waals surface area contributed by atoms with Gasteiger partial charge >= 0.3 is 5.97 Å². The van der Waals surface area contributed by atoms with Crippen LogP contribution in [0.5, 0.6) is 5.75 Å². The maximum atomic E-state index is 12.3. The summed E-state index contributed by atoms with van der Waals surface area (Å²) in [5.74, 6) is -0.762. The van der Waals surface area contributed by atoms with Crippen molar-refractivity contribution in [3.63, 3.8) is 0 Å². The normalized spacial score (nSPS) is 10.3. The monoisotopic (exact) mass is 372 g/mol. The molecule has 2 aromatic carbocycles. The number of rotatable bonds is 5. The highest BCUT2D eigenvalue weighted by Crippen LogP contribution is 2.17. The Morgan fingerprint density at radius 2 is 1.85 bits per heavy atom. The summed E-state index contributed by atoms with van der Waals surface area (Å²) in [5.41, 5.74) is 1.93. The van der Waals surface area contributed by atoms with Gasteiger partial charge in [0.1, 0.15) is 5.75 Å². The van der Waals surface area contributed by atoms with E-state index in [0.29, 0.717) is 22.6 Å². The van der Waals surface area contributed by atoms with E-state index in [2.05, 4.69) is 10.6 Å². The van der Waals surface area contributed by atoms with Gasteiger partial charge in [-0.2, -0.15) is 0 Å². The molecule has 3 N–H and O–H groups in total. The summed E-state index contributed by atoms with van der Waals surface area (Å²) >= 11 is 5.17. The van der Waals surface area contributed by atoms with E-state index in [1.54, 1.807) is 37.3 Å². The highest BCUT2D eigenvalue weighted by atomic mass is 32.1. The average Bonchev–Trinajstić information content (AvgIpc) is 2.56. The molecule has 0 aliphatic carbocycles. The second-order valence-corrected chi connectivity index (χ2v) is 6.35. The number of nitrogens with one attached hydrogen (secondary N) is 2. The van der Waals surface area contributed by atoms with Gasteiger partial charge in [0.2, 0.25) is 0 Å². The fourth-order valence-electron chi connectivity index (χ4n) is 2.25. The molecule has 0 unspecified atom stereocenters. The minimum atomic E-state index is -1.00. The van der Waals surface area contributed by atoms with E-state index in [1.165, 1.54) is 12.1 Å². The average molecular weight is 372 g/mol. The Balaban J connectivity index is 2.03. The van der Waals surface area contributed by atoms with E-state index in [4.69, 9.17) is 22.1 Å². The Morgan fingerprint density at radius 1 is 1.12 bits per heavy atom. The van der Waals surface area contributed by atoms with Crippen molar-refractivity contribution < 1.29 is 19.4 Å². The summed E-state index contributed by atoms with van der Waals surface area (Å²) in [6, 6.07) is 11.4. The van der Waals surface area contributed by atoms with Crippen LogP contribution in [0.4, 0.5) is 5.69 Å². The number of amides is 1. The van der Waals surface area contributed by atoms with Crippen molar-refractivity contribution in [2.24, 2.45) is 0 Å². The van der Waals surface area contributed by atoms with Crippen LogP contribution in [0.15, 0.2) is 42.5 Å². The van der Waals surface area contributed by atoms with Gasteiger partial charge in [0.05, 0.1) is 11.7 Å². The maximum Gasteiger partial charge on any atom is 0.335 e. The standard InChI is InChI=1S/C19H20N2O4S/c1-11(2)25-15-6-4-5-13(10-15)17(22)21-19(26)20-16-8-7-14(18(23)24)9-12(16)3/h4-11H,1-3H3,(H,23,24)(H2,20,21,22,26). The van der Waals surface area contributed by atoms with Crippen molar-refractivity contribution >= 4 is 34.9 Å². The lowest BCUT2D eigenvalue weighted by Gasteiger charge is -2.13. The Hall–Kier alpha value is -2.93. The van der Waals surface area contributed by atoms with Crippen molar-refractivity contribution in [2.45, 2.75) is 26.9 Å². The van der Waals surface area contributed by atoms with E-state index in [9.17, 15) is 9.59 Å². The van der Waals surface area contributed by atoms with Crippen LogP contribution < -0.4 is 15.4 Å². The summed E-state index contributed by atoms with van der Waals surface area (Å²) in [4.78, 5) is 23.3. The number of thiocarbonyl (C=S) groups is 1. The second kappa shape index (κ2) is 8.44. The molecule has 0 aliphatic heterocycles. The fraction of sp³-hybridized carbons (Fsp3) is 0.211. The van der Waals surface area contributed by atoms with E-state index in [1.807, 2.05) is 13.8 Å². The minimum Gasteiger partial charge on any atom is -0.491 e. The molecule has 136 valence electrons. The summed E-state index contributed by atoms with van der Waals surface area (Å²) in [6.45, 7) is 5.57. The number of anilines is 1. The number of hydrogen-bond acceptors (Lipinski definition) is 4. The first kappa shape index (κ1) is 19.4. The first-order valence-electron chi connectivity index (χ1n) is 7.99. The molecule has 0 saturated carbocycles. The van der Waals surface area contributed by atoms with Gasteiger partial charge in [-0.1, -0.05) is 6.07 Å². The summed E-state index contributed by atoms with van der Waals surface area (Å²) < 4.78 is 5.58. The molecule has 7 heteroatoms. The summed E-state index contributed by atoms with van der Waals surface area (Å²) in [7, 11) is 0. The minimum absolute atomic E-state index is 0.00723. The molecule has 0 spiro atoms.